The molecule has 0 aliphatic rings. The molecule has 0 amide bonds. The number of methoxy groups -OCH3 is 1. The number of carboxylic acid groups (broad SMARTS) is 1. The van der Waals surface area contributed by atoms with Crippen LogP contribution in [-0.2, 0) is 0 Å². The average Bonchev–Trinajstić information content (AvgIpc) is 2.88. The first-order valence-corrected chi connectivity index (χ1v) is 7.67. The van der Waals surface area contributed by atoms with Crippen molar-refractivity contribution in [1.82, 2.24) is 4.98 Å². The third-order valence-corrected chi connectivity index (χ3v) is 4.67. The van der Waals surface area contributed by atoms with Crippen molar-refractivity contribution in [2.45, 2.75) is 0 Å². The number of halogens is 1. The highest BCUT2D eigenvalue weighted by atomic mass is 79.9. The van der Waals surface area contributed by atoms with E-state index in [9.17, 15) is 9.90 Å². The number of carbonyl (C=O) groups is 1. The molecule has 0 spiro atoms. The summed E-state index contributed by atoms with van der Waals surface area (Å²) in [5.74, 6) is -0.233. The van der Waals surface area contributed by atoms with Gasteiger partial charge in [-0.1, -0.05) is 18.2 Å². The van der Waals surface area contributed by atoms with Crippen molar-refractivity contribution in [1.29, 1.82) is 0 Å². The van der Waals surface area contributed by atoms with Crippen molar-refractivity contribution in [2.24, 2.45) is 0 Å². The zero-order valence-electron chi connectivity index (χ0n) is 11.0. The molecule has 4 nitrogen and oxygen atoms in total. The molecule has 2 aromatic carbocycles. The third kappa shape index (κ3) is 2.64. The van der Waals surface area contributed by atoms with E-state index >= 15 is 0 Å². The summed E-state index contributed by atoms with van der Waals surface area (Å²) in [7, 11) is 1.63. The SMILES string of the molecule is COc1ccc2cc(-c3sc(Br)nc3C(=O)O)ccc2c1. The number of rotatable bonds is 3. The molecule has 0 bridgehead atoms. The van der Waals surface area contributed by atoms with Crippen LogP contribution in [0.3, 0.4) is 0 Å². The minimum Gasteiger partial charge on any atom is -0.497 e. The lowest BCUT2D eigenvalue weighted by molar-refractivity contribution is 0.0692. The predicted molar refractivity (Wildman–Crippen MR) is 86.3 cm³/mol. The number of fused-ring (bicyclic) bond motifs is 1. The second-order valence-corrected chi connectivity index (χ2v) is 6.65. The molecule has 0 radical (unpaired) electrons. The Morgan fingerprint density at radius 1 is 1.24 bits per heavy atom. The standard InChI is InChI=1S/C15H10BrNO3S/c1-20-11-5-4-8-6-10(3-2-9(8)7-11)13-12(14(18)19)17-15(16)21-13/h2-7H,1H3,(H,18,19). The van der Waals surface area contributed by atoms with Gasteiger partial charge in [-0.25, -0.2) is 9.78 Å². The molecule has 0 unspecified atom stereocenters. The minimum absolute atomic E-state index is 0.0692. The molecule has 3 rings (SSSR count). The van der Waals surface area contributed by atoms with Crippen LogP contribution >= 0.6 is 27.3 Å². The molecule has 0 saturated carbocycles. The quantitative estimate of drug-likeness (QED) is 0.747. The van der Waals surface area contributed by atoms with Gasteiger partial charge in [0.25, 0.3) is 0 Å². The van der Waals surface area contributed by atoms with Crippen LogP contribution < -0.4 is 4.74 Å². The van der Waals surface area contributed by atoms with Gasteiger partial charge >= 0.3 is 5.97 Å². The molecule has 0 aliphatic carbocycles. The summed E-state index contributed by atoms with van der Waals surface area (Å²) < 4.78 is 5.76. The highest BCUT2D eigenvalue weighted by Crippen LogP contribution is 2.35. The van der Waals surface area contributed by atoms with Crippen molar-refractivity contribution in [3.05, 3.63) is 46.0 Å². The summed E-state index contributed by atoms with van der Waals surface area (Å²) in [5.41, 5.74) is 0.910. The summed E-state index contributed by atoms with van der Waals surface area (Å²) in [6.07, 6.45) is 0. The maximum atomic E-state index is 11.3. The van der Waals surface area contributed by atoms with Crippen LogP contribution in [0.25, 0.3) is 21.2 Å². The number of hydrogen-bond donors (Lipinski definition) is 1. The molecule has 0 fully saturated rings. The lowest BCUT2D eigenvalue weighted by Crippen LogP contribution is -1.98. The molecule has 106 valence electrons. The van der Waals surface area contributed by atoms with Gasteiger partial charge in [-0.3, -0.25) is 0 Å². The molecule has 21 heavy (non-hydrogen) atoms. The Hall–Kier alpha value is -1.92. The number of ether oxygens (including phenoxy) is 1. The van der Waals surface area contributed by atoms with Crippen molar-refractivity contribution >= 4 is 44.0 Å². The average molecular weight is 364 g/mol. The van der Waals surface area contributed by atoms with Crippen molar-refractivity contribution in [2.75, 3.05) is 7.11 Å². The van der Waals surface area contributed by atoms with Gasteiger partial charge in [0.15, 0.2) is 9.61 Å². The minimum atomic E-state index is -1.03. The Morgan fingerprint density at radius 3 is 2.67 bits per heavy atom. The van der Waals surface area contributed by atoms with Crippen LogP contribution in [0.1, 0.15) is 10.5 Å². The lowest BCUT2D eigenvalue weighted by atomic mass is 10.0. The van der Waals surface area contributed by atoms with E-state index in [1.54, 1.807) is 7.11 Å². The molecular weight excluding hydrogens is 354 g/mol. The Morgan fingerprint density at radius 2 is 1.95 bits per heavy atom. The number of hydrogen-bond acceptors (Lipinski definition) is 4. The van der Waals surface area contributed by atoms with Gasteiger partial charge in [0.05, 0.1) is 12.0 Å². The Kier molecular flexibility index (Phi) is 3.65. The van der Waals surface area contributed by atoms with Crippen LogP contribution in [0.4, 0.5) is 0 Å². The maximum absolute atomic E-state index is 11.3. The number of nitrogens with zero attached hydrogens (tertiary/aromatic N) is 1. The van der Waals surface area contributed by atoms with Gasteiger partial charge in [0.1, 0.15) is 5.75 Å². The predicted octanol–water partition coefficient (Wildman–Crippen LogP) is 4.43. The van der Waals surface area contributed by atoms with Crippen molar-refractivity contribution < 1.29 is 14.6 Å². The van der Waals surface area contributed by atoms with E-state index in [1.165, 1.54) is 11.3 Å². The fraction of sp³-hybridized carbons (Fsp3) is 0.0667. The maximum Gasteiger partial charge on any atom is 0.356 e. The van der Waals surface area contributed by atoms with Gasteiger partial charge in [-0.2, -0.15) is 0 Å². The van der Waals surface area contributed by atoms with Gasteiger partial charge in [0, 0.05) is 0 Å². The summed E-state index contributed by atoms with van der Waals surface area (Å²) in [5, 5.41) is 11.3. The van der Waals surface area contributed by atoms with Gasteiger partial charge in [-0.05, 0) is 50.5 Å². The summed E-state index contributed by atoms with van der Waals surface area (Å²) in [6, 6.07) is 11.6. The number of benzene rings is 2. The third-order valence-electron chi connectivity index (χ3n) is 3.11. The van der Waals surface area contributed by atoms with Gasteiger partial charge < -0.3 is 9.84 Å². The molecule has 3 aromatic rings. The Bertz CT molecular complexity index is 844. The monoisotopic (exact) mass is 363 g/mol. The lowest BCUT2D eigenvalue weighted by Gasteiger charge is -2.05. The molecule has 1 heterocycles. The van der Waals surface area contributed by atoms with Crippen LogP contribution in [0.15, 0.2) is 40.3 Å². The van der Waals surface area contributed by atoms with Crippen LogP contribution in [-0.4, -0.2) is 23.2 Å². The highest BCUT2D eigenvalue weighted by Gasteiger charge is 2.18. The molecular formula is C15H10BrNO3S. The second kappa shape index (κ2) is 5.46. The highest BCUT2D eigenvalue weighted by molar-refractivity contribution is 9.11. The first-order valence-electron chi connectivity index (χ1n) is 6.06. The number of aromatic carboxylic acids is 1. The topological polar surface area (TPSA) is 59.4 Å². The molecule has 1 N–H and O–H groups in total. The van der Waals surface area contributed by atoms with E-state index in [-0.39, 0.29) is 5.69 Å². The summed E-state index contributed by atoms with van der Waals surface area (Å²) >= 11 is 4.56. The largest absolute Gasteiger partial charge is 0.497 e. The zero-order chi connectivity index (χ0) is 15.0. The normalized spacial score (nSPS) is 10.8. The molecule has 0 saturated heterocycles. The first-order chi connectivity index (χ1) is 10.1. The van der Waals surface area contributed by atoms with Gasteiger partial charge in [-0.15, -0.1) is 11.3 Å². The summed E-state index contributed by atoms with van der Waals surface area (Å²) in [6.45, 7) is 0. The number of carboxylic acids is 1. The number of aromatic nitrogens is 1. The fourth-order valence-corrected chi connectivity index (χ4v) is 3.57. The van der Waals surface area contributed by atoms with Crippen molar-refractivity contribution in [3.8, 4) is 16.2 Å². The van der Waals surface area contributed by atoms with E-state index in [2.05, 4.69) is 20.9 Å². The second-order valence-electron chi connectivity index (χ2n) is 4.38. The van der Waals surface area contributed by atoms with E-state index < -0.39 is 5.97 Å². The van der Waals surface area contributed by atoms with E-state index in [1.807, 2.05) is 36.4 Å². The Balaban J connectivity index is 2.15. The molecule has 1 aromatic heterocycles. The summed E-state index contributed by atoms with van der Waals surface area (Å²) in [4.78, 5) is 15.9. The van der Waals surface area contributed by atoms with Gasteiger partial charge in [0.2, 0.25) is 0 Å². The van der Waals surface area contributed by atoms with Crippen molar-refractivity contribution in [3.63, 3.8) is 0 Å². The fourth-order valence-electron chi connectivity index (χ4n) is 2.13. The molecule has 0 aliphatic heterocycles. The van der Waals surface area contributed by atoms with Crippen LogP contribution in [0.5, 0.6) is 5.75 Å². The van der Waals surface area contributed by atoms with Crippen LogP contribution in [0, 0.1) is 0 Å². The first kappa shape index (κ1) is 14.0. The van der Waals surface area contributed by atoms with E-state index in [0.717, 1.165) is 22.1 Å². The zero-order valence-corrected chi connectivity index (χ0v) is 13.4. The molecule has 0 atom stereocenters. The van der Waals surface area contributed by atoms with Crippen LogP contribution in [0.2, 0.25) is 0 Å². The Labute approximate surface area is 133 Å². The smallest absolute Gasteiger partial charge is 0.356 e. The number of thiazole rings is 1. The van der Waals surface area contributed by atoms with E-state index in [4.69, 9.17) is 4.74 Å². The van der Waals surface area contributed by atoms with E-state index in [0.29, 0.717) is 8.79 Å². The molecule has 6 heteroatoms.